The van der Waals surface area contributed by atoms with E-state index in [0.717, 1.165) is 18.4 Å². The van der Waals surface area contributed by atoms with Crippen molar-refractivity contribution in [2.75, 3.05) is 13.1 Å². The normalized spacial score (nSPS) is 14.9. The largest absolute Gasteiger partial charge is 0.425 e. The number of hydrogen-bond donors (Lipinski definition) is 0. The Kier molecular flexibility index (Phi) is 5.92. The molecule has 1 saturated heterocycles. The second-order valence-corrected chi connectivity index (χ2v) is 9.76. The summed E-state index contributed by atoms with van der Waals surface area (Å²) < 4.78 is 38.7. The topological polar surface area (TPSA) is 98.8 Å². The molecule has 2 aromatic carbocycles. The molecule has 0 aliphatic carbocycles. The molecular formula is C21H21ClN2O6S. The summed E-state index contributed by atoms with van der Waals surface area (Å²) in [7, 11) is -3.63. The molecule has 1 aliphatic rings. The van der Waals surface area contributed by atoms with E-state index in [-0.39, 0.29) is 29.2 Å². The lowest BCUT2D eigenvalue weighted by Gasteiger charge is -2.15. The first kappa shape index (κ1) is 21.6. The highest BCUT2D eigenvalue weighted by atomic mass is 35.5. The number of esters is 1. The first-order chi connectivity index (χ1) is 14.8. The van der Waals surface area contributed by atoms with E-state index in [1.54, 1.807) is 18.2 Å². The standard InChI is InChI=1S/C21H21ClN2O6S/c1-14-4-6-16(22)18(12-14)29-20(25)8-11-24-17-7-5-15(13-19(17)30-21(24)26)31(27,28)23-9-2-3-10-23/h4-7,12-13H,2-3,8-11H2,1H3. The van der Waals surface area contributed by atoms with Gasteiger partial charge in [0, 0.05) is 25.7 Å². The molecule has 0 amide bonds. The van der Waals surface area contributed by atoms with Gasteiger partial charge in [-0.1, -0.05) is 17.7 Å². The van der Waals surface area contributed by atoms with Crippen LogP contribution in [0.5, 0.6) is 5.75 Å². The van der Waals surface area contributed by atoms with Crippen molar-refractivity contribution in [1.82, 2.24) is 8.87 Å². The van der Waals surface area contributed by atoms with Crippen LogP contribution in [0.2, 0.25) is 5.02 Å². The lowest BCUT2D eigenvalue weighted by Crippen LogP contribution is -2.27. The monoisotopic (exact) mass is 464 g/mol. The first-order valence-electron chi connectivity index (χ1n) is 9.86. The van der Waals surface area contributed by atoms with Gasteiger partial charge in [-0.05, 0) is 49.6 Å². The number of aromatic nitrogens is 1. The van der Waals surface area contributed by atoms with E-state index in [1.165, 1.54) is 27.1 Å². The fourth-order valence-corrected chi connectivity index (χ4v) is 5.25. The molecule has 0 bridgehead atoms. The second-order valence-electron chi connectivity index (χ2n) is 7.42. The number of carbonyl (C=O) groups excluding carboxylic acids is 1. The van der Waals surface area contributed by atoms with E-state index in [1.807, 2.05) is 6.92 Å². The minimum atomic E-state index is -3.63. The summed E-state index contributed by atoms with van der Waals surface area (Å²) in [5.74, 6) is -0.970. The predicted octanol–water partition coefficient (Wildman–Crippen LogP) is 3.34. The van der Waals surface area contributed by atoms with Gasteiger partial charge in [0.1, 0.15) is 5.75 Å². The summed E-state index contributed by atoms with van der Waals surface area (Å²) >= 11 is 6.04. The number of carbonyl (C=O) groups is 1. The number of nitrogens with zero attached hydrogens (tertiary/aromatic N) is 2. The van der Waals surface area contributed by atoms with Crippen molar-refractivity contribution < 1.29 is 22.4 Å². The maximum atomic E-state index is 12.7. The lowest BCUT2D eigenvalue weighted by atomic mass is 10.2. The molecule has 0 unspecified atom stereocenters. The van der Waals surface area contributed by atoms with Crippen LogP contribution in [0.15, 0.2) is 50.5 Å². The van der Waals surface area contributed by atoms with Gasteiger partial charge in [-0.25, -0.2) is 13.2 Å². The van der Waals surface area contributed by atoms with E-state index < -0.39 is 21.7 Å². The van der Waals surface area contributed by atoms with Crippen LogP contribution in [0.3, 0.4) is 0 Å². The number of halogens is 1. The summed E-state index contributed by atoms with van der Waals surface area (Å²) in [6.45, 7) is 2.84. The Morgan fingerprint density at radius 1 is 1.16 bits per heavy atom. The molecule has 4 rings (SSSR count). The maximum absolute atomic E-state index is 12.7. The Bertz CT molecular complexity index is 1310. The third-order valence-electron chi connectivity index (χ3n) is 5.19. The van der Waals surface area contributed by atoms with Gasteiger partial charge >= 0.3 is 11.7 Å². The van der Waals surface area contributed by atoms with Gasteiger partial charge < -0.3 is 9.15 Å². The van der Waals surface area contributed by atoms with E-state index >= 15 is 0 Å². The highest BCUT2D eigenvalue weighted by Crippen LogP contribution is 2.26. The van der Waals surface area contributed by atoms with Crippen LogP contribution < -0.4 is 10.5 Å². The molecule has 31 heavy (non-hydrogen) atoms. The maximum Gasteiger partial charge on any atom is 0.419 e. The zero-order chi connectivity index (χ0) is 22.2. The Balaban J connectivity index is 1.52. The molecular weight excluding hydrogens is 444 g/mol. The minimum Gasteiger partial charge on any atom is -0.425 e. The first-order valence-corrected chi connectivity index (χ1v) is 11.7. The molecule has 1 fully saturated rings. The number of fused-ring (bicyclic) bond motifs is 1. The van der Waals surface area contributed by atoms with Crippen LogP contribution in [-0.2, 0) is 21.4 Å². The van der Waals surface area contributed by atoms with Gasteiger partial charge in [0.25, 0.3) is 0 Å². The highest BCUT2D eigenvalue weighted by molar-refractivity contribution is 7.89. The van der Waals surface area contributed by atoms with Crippen LogP contribution in [-0.4, -0.2) is 36.3 Å². The zero-order valence-corrected chi connectivity index (χ0v) is 18.4. The lowest BCUT2D eigenvalue weighted by molar-refractivity contribution is -0.134. The summed E-state index contributed by atoms with van der Waals surface area (Å²) in [6.07, 6.45) is 1.57. The average Bonchev–Trinajstić information content (AvgIpc) is 3.37. The number of hydrogen-bond acceptors (Lipinski definition) is 6. The number of ether oxygens (including phenoxy) is 1. The molecule has 0 saturated carbocycles. The van der Waals surface area contributed by atoms with Crippen molar-refractivity contribution in [2.24, 2.45) is 0 Å². The van der Waals surface area contributed by atoms with Crippen molar-refractivity contribution in [3.63, 3.8) is 0 Å². The molecule has 164 valence electrons. The van der Waals surface area contributed by atoms with E-state index in [2.05, 4.69) is 0 Å². The number of aryl methyl sites for hydroxylation is 2. The van der Waals surface area contributed by atoms with Gasteiger partial charge in [0.15, 0.2) is 5.58 Å². The number of benzene rings is 2. The molecule has 0 atom stereocenters. The van der Waals surface area contributed by atoms with Crippen molar-refractivity contribution in [3.05, 3.63) is 57.5 Å². The minimum absolute atomic E-state index is 0.0202. The smallest absolute Gasteiger partial charge is 0.419 e. The van der Waals surface area contributed by atoms with E-state index in [4.69, 9.17) is 20.8 Å². The quantitative estimate of drug-likeness (QED) is 0.410. The second kappa shape index (κ2) is 8.49. The Morgan fingerprint density at radius 2 is 1.90 bits per heavy atom. The van der Waals surface area contributed by atoms with Gasteiger partial charge in [0.05, 0.1) is 21.9 Å². The van der Waals surface area contributed by atoms with Crippen molar-refractivity contribution in [1.29, 1.82) is 0 Å². The van der Waals surface area contributed by atoms with Crippen molar-refractivity contribution in [2.45, 2.75) is 37.6 Å². The molecule has 0 radical (unpaired) electrons. The molecule has 0 spiro atoms. The molecule has 2 heterocycles. The van der Waals surface area contributed by atoms with Crippen molar-refractivity contribution >= 4 is 38.7 Å². The molecule has 0 N–H and O–H groups in total. The number of sulfonamides is 1. The van der Waals surface area contributed by atoms with Crippen LogP contribution in [0.25, 0.3) is 11.1 Å². The molecule has 10 heteroatoms. The fourth-order valence-electron chi connectivity index (χ4n) is 3.56. The predicted molar refractivity (Wildman–Crippen MR) is 115 cm³/mol. The number of oxazole rings is 1. The van der Waals surface area contributed by atoms with E-state index in [0.29, 0.717) is 23.6 Å². The summed E-state index contributed by atoms with van der Waals surface area (Å²) in [5, 5.41) is 0.316. The summed E-state index contributed by atoms with van der Waals surface area (Å²) in [6, 6.07) is 9.42. The molecule has 8 nitrogen and oxygen atoms in total. The highest BCUT2D eigenvalue weighted by Gasteiger charge is 2.28. The van der Waals surface area contributed by atoms with Gasteiger partial charge in [-0.3, -0.25) is 9.36 Å². The third-order valence-corrected chi connectivity index (χ3v) is 7.40. The summed E-state index contributed by atoms with van der Waals surface area (Å²) in [4.78, 5) is 24.6. The van der Waals surface area contributed by atoms with Gasteiger partial charge in [-0.15, -0.1) is 0 Å². The van der Waals surface area contributed by atoms with Crippen molar-refractivity contribution in [3.8, 4) is 5.75 Å². The summed E-state index contributed by atoms with van der Waals surface area (Å²) in [5.41, 5.74) is 1.45. The SMILES string of the molecule is Cc1ccc(Cl)c(OC(=O)CCn2c(=O)oc3cc(S(=O)(=O)N4CCCC4)ccc32)c1. The Morgan fingerprint density at radius 3 is 2.65 bits per heavy atom. The molecule has 1 aliphatic heterocycles. The zero-order valence-electron chi connectivity index (χ0n) is 16.8. The molecule has 3 aromatic rings. The average molecular weight is 465 g/mol. The van der Waals surface area contributed by atoms with Crippen LogP contribution in [0.4, 0.5) is 0 Å². The van der Waals surface area contributed by atoms with Gasteiger partial charge in [0.2, 0.25) is 10.0 Å². The third kappa shape index (κ3) is 4.39. The van der Waals surface area contributed by atoms with Gasteiger partial charge in [-0.2, -0.15) is 4.31 Å². The Labute approximate surface area is 184 Å². The number of rotatable bonds is 6. The molecule has 1 aromatic heterocycles. The fraction of sp³-hybridized carbons (Fsp3) is 0.333. The Hall–Kier alpha value is -2.62. The van der Waals surface area contributed by atoms with Crippen LogP contribution >= 0.6 is 11.6 Å². The van der Waals surface area contributed by atoms with E-state index in [9.17, 15) is 18.0 Å². The van der Waals surface area contributed by atoms with Crippen LogP contribution in [0.1, 0.15) is 24.8 Å². The van der Waals surface area contributed by atoms with Crippen LogP contribution in [0, 0.1) is 6.92 Å².